The van der Waals surface area contributed by atoms with Gasteiger partial charge >= 0.3 is 0 Å². The van der Waals surface area contributed by atoms with E-state index in [1.54, 1.807) is 37.3 Å². The zero-order valence-corrected chi connectivity index (χ0v) is 9.84. The van der Waals surface area contributed by atoms with E-state index in [1.165, 1.54) is 0 Å². The van der Waals surface area contributed by atoms with E-state index in [1.807, 2.05) is 0 Å². The molecule has 15 heavy (non-hydrogen) atoms. The van der Waals surface area contributed by atoms with Crippen LogP contribution in [0.4, 0.5) is 0 Å². The van der Waals surface area contributed by atoms with Crippen LogP contribution in [0.1, 0.15) is 23.7 Å². The summed E-state index contributed by atoms with van der Waals surface area (Å²) in [4.78, 5) is 15.6. The van der Waals surface area contributed by atoms with Crippen LogP contribution in [0.15, 0.2) is 18.5 Å². The largest absolute Gasteiger partial charge is 0.495 e. The number of hydrogen-bond acceptors (Lipinski definition) is 4. The van der Waals surface area contributed by atoms with E-state index in [-0.39, 0.29) is 5.78 Å². The summed E-state index contributed by atoms with van der Waals surface area (Å²) in [5, 5.41) is 0. The quantitative estimate of drug-likeness (QED) is 0.550. The number of methoxy groups -OCH3 is 1. The van der Waals surface area contributed by atoms with Gasteiger partial charge in [0.2, 0.25) is 0 Å². The molecule has 82 valence electrons. The summed E-state index contributed by atoms with van der Waals surface area (Å²) in [7, 11) is 1.57. The number of Topliss-reactive ketones (excluding diaryl/α,β-unsaturated/α-hetero) is 1. The van der Waals surface area contributed by atoms with Crippen LogP contribution in [0, 0.1) is 0 Å². The molecule has 0 fully saturated rings. The Morgan fingerprint density at radius 2 is 2.33 bits per heavy atom. The molecule has 1 heterocycles. The standard InChI is InChI=1S/C11H15NO2S/c1-3-4-15-8-11(13)9-5-10(14-2)7-12-6-9/h5-7H,3-4,8H2,1-2H3. The van der Waals surface area contributed by atoms with Crippen LogP contribution in [-0.4, -0.2) is 29.4 Å². The van der Waals surface area contributed by atoms with Gasteiger partial charge in [0.15, 0.2) is 5.78 Å². The Labute approximate surface area is 94.2 Å². The molecule has 0 radical (unpaired) electrons. The molecule has 0 unspecified atom stereocenters. The fraction of sp³-hybridized carbons (Fsp3) is 0.455. The van der Waals surface area contributed by atoms with Gasteiger partial charge in [-0.1, -0.05) is 6.92 Å². The van der Waals surface area contributed by atoms with Crippen LogP contribution in [0.5, 0.6) is 5.75 Å². The number of ether oxygens (including phenoxy) is 1. The zero-order valence-electron chi connectivity index (χ0n) is 9.03. The highest BCUT2D eigenvalue weighted by Crippen LogP contribution is 2.13. The van der Waals surface area contributed by atoms with Gasteiger partial charge in [0.05, 0.1) is 19.1 Å². The third-order valence-electron chi connectivity index (χ3n) is 1.85. The molecule has 0 aliphatic heterocycles. The third kappa shape index (κ3) is 3.91. The second-order valence-electron chi connectivity index (χ2n) is 3.09. The van der Waals surface area contributed by atoms with Crippen LogP contribution < -0.4 is 4.74 Å². The molecule has 3 nitrogen and oxygen atoms in total. The van der Waals surface area contributed by atoms with Crippen molar-refractivity contribution in [1.82, 2.24) is 4.98 Å². The first-order valence-corrected chi connectivity index (χ1v) is 6.03. The fourth-order valence-corrected chi connectivity index (χ4v) is 1.86. The minimum Gasteiger partial charge on any atom is -0.495 e. The van der Waals surface area contributed by atoms with E-state index in [0.717, 1.165) is 12.2 Å². The van der Waals surface area contributed by atoms with E-state index >= 15 is 0 Å². The molecule has 0 aromatic carbocycles. The topological polar surface area (TPSA) is 39.2 Å². The first-order chi connectivity index (χ1) is 7.27. The van der Waals surface area contributed by atoms with Crippen LogP contribution in [0.25, 0.3) is 0 Å². The number of pyridine rings is 1. The Morgan fingerprint density at radius 1 is 1.53 bits per heavy atom. The van der Waals surface area contributed by atoms with Crippen molar-refractivity contribution in [3.63, 3.8) is 0 Å². The van der Waals surface area contributed by atoms with Gasteiger partial charge in [0.25, 0.3) is 0 Å². The lowest BCUT2D eigenvalue weighted by atomic mass is 10.2. The molecule has 0 N–H and O–H groups in total. The smallest absolute Gasteiger partial charge is 0.174 e. The lowest BCUT2D eigenvalue weighted by Crippen LogP contribution is -2.03. The van der Waals surface area contributed by atoms with E-state index < -0.39 is 0 Å². The molecule has 0 saturated heterocycles. The number of nitrogens with zero attached hydrogens (tertiary/aromatic N) is 1. The lowest BCUT2D eigenvalue weighted by molar-refractivity contribution is 0.102. The molecule has 1 aromatic rings. The number of hydrogen-bond donors (Lipinski definition) is 0. The number of thioether (sulfide) groups is 1. The number of rotatable bonds is 6. The summed E-state index contributed by atoms with van der Waals surface area (Å²) >= 11 is 1.65. The maximum Gasteiger partial charge on any atom is 0.174 e. The Hall–Kier alpha value is -1.03. The van der Waals surface area contributed by atoms with E-state index in [4.69, 9.17) is 4.74 Å². The molecule has 0 saturated carbocycles. The van der Waals surface area contributed by atoms with Crippen LogP contribution in [0.2, 0.25) is 0 Å². The molecule has 0 bridgehead atoms. The van der Waals surface area contributed by atoms with Crippen molar-refractivity contribution in [2.45, 2.75) is 13.3 Å². The van der Waals surface area contributed by atoms with Crippen LogP contribution in [-0.2, 0) is 0 Å². The molecule has 0 aliphatic rings. The van der Waals surface area contributed by atoms with Crippen molar-refractivity contribution in [2.24, 2.45) is 0 Å². The van der Waals surface area contributed by atoms with Crippen molar-refractivity contribution in [2.75, 3.05) is 18.6 Å². The number of aromatic nitrogens is 1. The van der Waals surface area contributed by atoms with Gasteiger partial charge in [-0.05, 0) is 18.2 Å². The van der Waals surface area contributed by atoms with Crippen LogP contribution in [0.3, 0.4) is 0 Å². The van der Waals surface area contributed by atoms with Crippen molar-refractivity contribution >= 4 is 17.5 Å². The molecule has 0 atom stereocenters. The lowest BCUT2D eigenvalue weighted by Gasteiger charge is -2.02. The summed E-state index contributed by atoms with van der Waals surface area (Å²) in [5.74, 6) is 2.27. The van der Waals surface area contributed by atoms with Crippen molar-refractivity contribution < 1.29 is 9.53 Å². The van der Waals surface area contributed by atoms with E-state index in [0.29, 0.717) is 17.1 Å². The molecular formula is C11H15NO2S. The molecule has 1 aromatic heterocycles. The predicted molar refractivity (Wildman–Crippen MR) is 62.7 cm³/mol. The van der Waals surface area contributed by atoms with Crippen molar-refractivity contribution in [3.05, 3.63) is 24.0 Å². The van der Waals surface area contributed by atoms with Gasteiger partial charge in [-0.2, -0.15) is 11.8 Å². The number of carbonyl (C=O) groups is 1. The number of ketones is 1. The van der Waals surface area contributed by atoms with Gasteiger partial charge < -0.3 is 4.74 Å². The molecule has 0 amide bonds. The van der Waals surface area contributed by atoms with Crippen molar-refractivity contribution in [1.29, 1.82) is 0 Å². The normalized spacial score (nSPS) is 10.0. The minimum atomic E-state index is 0.111. The minimum absolute atomic E-state index is 0.111. The second kappa shape index (κ2) is 6.45. The van der Waals surface area contributed by atoms with E-state index in [2.05, 4.69) is 11.9 Å². The highest BCUT2D eigenvalue weighted by molar-refractivity contribution is 7.99. The Morgan fingerprint density at radius 3 is 3.00 bits per heavy atom. The Kier molecular flexibility index (Phi) is 5.18. The van der Waals surface area contributed by atoms with Gasteiger partial charge in [-0.25, -0.2) is 0 Å². The first kappa shape index (κ1) is 12.0. The summed E-state index contributed by atoms with van der Waals surface area (Å²) in [6.07, 6.45) is 4.27. The molecule has 0 aliphatic carbocycles. The average Bonchev–Trinajstić information content (AvgIpc) is 2.29. The maximum atomic E-state index is 11.7. The summed E-state index contributed by atoms with van der Waals surface area (Å²) < 4.78 is 5.01. The Balaban J connectivity index is 2.57. The fourth-order valence-electron chi connectivity index (χ4n) is 1.08. The summed E-state index contributed by atoms with van der Waals surface area (Å²) in [6, 6.07) is 1.72. The first-order valence-electron chi connectivity index (χ1n) is 4.88. The third-order valence-corrected chi connectivity index (χ3v) is 3.02. The van der Waals surface area contributed by atoms with Crippen molar-refractivity contribution in [3.8, 4) is 5.75 Å². The summed E-state index contributed by atoms with van der Waals surface area (Å²) in [6.45, 7) is 2.10. The average molecular weight is 225 g/mol. The van der Waals surface area contributed by atoms with Gasteiger partial charge in [-0.3, -0.25) is 9.78 Å². The number of carbonyl (C=O) groups excluding carboxylic acids is 1. The SMILES string of the molecule is CCCSCC(=O)c1cncc(OC)c1. The van der Waals surface area contributed by atoms with E-state index in [9.17, 15) is 4.79 Å². The zero-order chi connectivity index (χ0) is 11.1. The maximum absolute atomic E-state index is 11.7. The molecule has 1 rings (SSSR count). The van der Waals surface area contributed by atoms with Gasteiger partial charge in [-0.15, -0.1) is 0 Å². The van der Waals surface area contributed by atoms with Crippen LogP contribution >= 0.6 is 11.8 Å². The van der Waals surface area contributed by atoms with Gasteiger partial charge in [0.1, 0.15) is 5.75 Å². The predicted octanol–water partition coefficient (Wildman–Crippen LogP) is 2.42. The van der Waals surface area contributed by atoms with Gasteiger partial charge in [0, 0.05) is 11.8 Å². The second-order valence-corrected chi connectivity index (χ2v) is 4.19. The highest BCUT2D eigenvalue weighted by atomic mass is 32.2. The molecule has 0 spiro atoms. The Bertz CT molecular complexity index is 328. The molecule has 4 heteroatoms. The molecular weight excluding hydrogens is 210 g/mol. The summed E-state index contributed by atoms with van der Waals surface area (Å²) in [5.41, 5.74) is 0.623. The highest BCUT2D eigenvalue weighted by Gasteiger charge is 2.06. The monoisotopic (exact) mass is 225 g/mol.